The van der Waals surface area contributed by atoms with E-state index < -0.39 is 0 Å². The number of hydrogen-bond acceptors (Lipinski definition) is 2. The fourth-order valence-corrected chi connectivity index (χ4v) is 0.742. The summed E-state index contributed by atoms with van der Waals surface area (Å²) in [6, 6.07) is 0. The Morgan fingerprint density at radius 2 is 2.22 bits per heavy atom. The third kappa shape index (κ3) is 8.17. The largest absolute Gasteiger partial charge is 0.468 e. The van der Waals surface area contributed by atoms with Gasteiger partial charge in [0.1, 0.15) is 0 Å². The minimum absolute atomic E-state index is 0.435. The molecule has 0 aromatic rings. The van der Waals surface area contributed by atoms with E-state index in [1.54, 1.807) is 0 Å². The zero-order chi connectivity index (χ0) is 7.11. The monoisotopic (exact) mass is 256 g/mol. The fourth-order valence-electron chi connectivity index (χ4n) is 0.284. The number of ether oxygens (including phenoxy) is 1. The minimum atomic E-state index is 0.435. The summed E-state index contributed by atoms with van der Waals surface area (Å²) in [5.74, 6) is 0. The van der Waals surface area contributed by atoms with Crippen LogP contribution in [0.1, 0.15) is 6.42 Å². The molecule has 0 atom stereocenters. The van der Waals surface area contributed by atoms with Crippen molar-refractivity contribution in [2.45, 2.75) is 6.42 Å². The predicted molar refractivity (Wildman–Crippen MR) is 42.6 cm³/mol. The van der Waals surface area contributed by atoms with Gasteiger partial charge in [-0.3, -0.25) is 4.79 Å². The van der Waals surface area contributed by atoms with Gasteiger partial charge in [0.05, 0.1) is 10.00 Å². The molecule has 0 unspecified atom stereocenters. The summed E-state index contributed by atoms with van der Waals surface area (Å²) in [6.45, 7) is 0.875. The first-order valence-electron chi connectivity index (χ1n) is 2.33. The smallest absolute Gasteiger partial charge is 0.293 e. The maximum atomic E-state index is 9.58. The molecule has 2 nitrogen and oxygen atoms in total. The average molecular weight is 258 g/mol. The maximum absolute atomic E-state index is 9.58. The quantitative estimate of drug-likeness (QED) is 0.570. The van der Waals surface area contributed by atoms with Crippen molar-refractivity contribution < 1.29 is 9.53 Å². The van der Waals surface area contributed by atoms with E-state index in [9.17, 15) is 4.79 Å². The van der Waals surface area contributed by atoms with Crippen LogP contribution in [0.15, 0.2) is 9.47 Å². The van der Waals surface area contributed by atoms with Crippen LogP contribution in [0, 0.1) is 0 Å². The van der Waals surface area contributed by atoms with Gasteiger partial charge in [-0.1, -0.05) is 6.08 Å². The van der Waals surface area contributed by atoms with E-state index in [1.807, 2.05) is 6.08 Å². The van der Waals surface area contributed by atoms with Gasteiger partial charge in [-0.25, -0.2) is 0 Å². The first-order chi connectivity index (χ1) is 4.27. The third-order valence-electron chi connectivity index (χ3n) is 0.602. The Morgan fingerprint density at radius 3 is 2.67 bits per heavy atom. The van der Waals surface area contributed by atoms with E-state index in [4.69, 9.17) is 0 Å². The summed E-state index contributed by atoms with van der Waals surface area (Å²) >= 11 is 6.32. The van der Waals surface area contributed by atoms with Crippen molar-refractivity contribution in [3.8, 4) is 0 Å². The Bertz CT molecular complexity index is 108. The molecule has 0 aliphatic heterocycles. The molecular weight excluding hydrogens is 252 g/mol. The molecule has 0 radical (unpaired) electrons. The zero-order valence-corrected chi connectivity index (χ0v) is 7.81. The molecule has 0 fully saturated rings. The van der Waals surface area contributed by atoms with Gasteiger partial charge in [-0.15, -0.1) is 0 Å². The molecule has 0 rings (SSSR count). The zero-order valence-electron chi connectivity index (χ0n) is 4.64. The molecule has 0 saturated carbocycles. The van der Waals surface area contributed by atoms with E-state index in [2.05, 4.69) is 36.6 Å². The highest BCUT2D eigenvalue weighted by atomic mass is 79.9. The van der Waals surface area contributed by atoms with Crippen LogP contribution in [0.25, 0.3) is 0 Å². The first-order valence-corrected chi connectivity index (χ1v) is 3.92. The van der Waals surface area contributed by atoms with E-state index in [1.165, 1.54) is 0 Å². The predicted octanol–water partition coefficient (Wildman–Crippen LogP) is 2.18. The van der Waals surface area contributed by atoms with Crippen molar-refractivity contribution in [1.82, 2.24) is 0 Å². The topological polar surface area (TPSA) is 26.3 Å². The molecule has 0 saturated heterocycles. The summed E-state index contributed by atoms with van der Waals surface area (Å²) < 4.78 is 5.30. The standard InChI is InChI=1S/C5H6Br2O2/c6-5(7)2-1-3-9-4-8/h2,4H,1,3H2. The highest BCUT2D eigenvalue weighted by Gasteiger charge is 1.82. The van der Waals surface area contributed by atoms with E-state index in [-0.39, 0.29) is 0 Å². The van der Waals surface area contributed by atoms with Gasteiger partial charge in [0.2, 0.25) is 0 Å². The lowest BCUT2D eigenvalue weighted by molar-refractivity contribution is -0.128. The van der Waals surface area contributed by atoms with Crippen LogP contribution >= 0.6 is 31.9 Å². The molecule has 4 heteroatoms. The Labute approximate surface area is 70.5 Å². The Hall–Kier alpha value is 0.170. The Morgan fingerprint density at radius 1 is 1.56 bits per heavy atom. The third-order valence-corrected chi connectivity index (χ3v) is 1.25. The van der Waals surface area contributed by atoms with Crippen molar-refractivity contribution in [2.24, 2.45) is 0 Å². The van der Waals surface area contributed by atoms with Crippen LogP contribution in [0.2, 0.25) is 0 Å². The second kappa shape index (κ2) is 6.29. The lowest BCUT2D eigenvalue weighted by atomic mass is 10.5. The molecule has 52 valence electrons. The van der Waals surface area contributed by atoms with Gasteiger partial charge in [0.25, 0.3) is 6.47 Å². The van der Waals surface area contributed by atoms with E-state index in [0.29, 0.717) is 13.1 Å². The molecule has 0 heterocycles. The van der Waals surface area contributed by atoms with Crippen molar-refractivity contribution in [3.05, 3.63) is 9.47 Å². The van der Waals surface area contributed by atoms with Crippen LogP contribution in [0.3, 0.4) is 0 Å². The molecule has 0 aliphatic carbocycles. The highest BCUT2D eigenvalue weighted by molar-refractivity contribution is 9.28. The molecule has 0 aromatic carbocycles. The van der Waals surface area contributed by atoms with Crippen molar-refractivity contribution in [3.63, 3.8) is 0 Å². The number of halogens is 2. The lowest BCUT2D eigenvalue weighted by Crippen LogP contribution is -1.87. The highest BCUT2D eigenvalue weighted by Crippen LogP contribution is 2.12. The summed E-state index contributed by atoms with van der Waals surface area (Å²) in [5.41, 5.74) is 0. The van der Waals surface area contributed by atoms with Crippen LogP contribution < -0.4 is 0 Å². The normalized spacial score (nSPS) is 8.22. The van der Waals surface area contributed by atoms with Gasteiger partial charge in [0, 0.05) is 6.42 Å². The van der Waals surface area contributed by atoms with E-state index >= 15 is 0 Å². The van der Waals surface area contributed by atoms with Gasteiger partial charge in [0.15, 0.2) is 0 Å². The summed E-state index contributed by atoms with van der Waals surface area (Å²) in [7, 11) is 0. The SMILES string of the molecule is O=COCCC=C(Br)Br. The molecule has 0 N–H and O–H groups in total. The van der Waals surface area contributed by atoms with Crippen molar-refractivity contribution in [2.75, 3.05) is 6.61 Å². The summed E-state index contributed by atoms with van der Waals surface area (Å²) in [6.07, 6.45) is 2.59. The van der Waals surface area contributed by atoms with Crippen molar-refractivity contribution >= 4 is 38.3 Å². The number of carbonyl (C=O) groups excluding carboxylic acids is 1. The van der Waals surface area contributed by atoms with Crippen LogP contribution in [0.5, 0.6) is 0 Å². The maximum Gasteiger partial charge on any atom is 0.293 e. The molecule has 0 bridgehead atoms. The number of carbonyl (C=O) groups is 1. The molecular formula is C5H6Br2O2. The van der Waals surface area contributed by atoms with Gasteiger partial charge in [-0.2, -0.15) is 0 Å². The second-order valence-corrected chi connectivity index (χ2v) is 4.02. The summed E-state index contributed by atoms with van der Waals surface area (Å²) in [5, 5.41) is 0. The van der Waals surface area contributed by atoms with Crippen molar-refractivity contribution in [1.29, 1.82) is 0 Å². The fraction of sp³-hybridized carbons (Fsp3) is 0.400. The van der Waals surface area contributed by atoms with Crippen LogP contribution in [-0.2, 0) is 9.53 Å². The molecule has 0 spiro atoms. The molecule has 9 heavy (non-hydrogen) atoms. The molecule has 0 aliphatic rings. The van der Waals surface area contributed by atoms with Gasteiger partial charge >= 0.3 is 0 Å². The number of hydrogen-bond donors (Lipinski definition) is 0. The Kier molecular flexibility index (Phi) is 6.41. The van der Waals surface area contributed by atoms with Gasteiger partial charge < -0.3 is 4.74 Å². The average Bonchev–Trinajstić information content (AvgIpc) is 1.80. The van der Waals surface area contributed by atoms with Crippen LogP contribution in [0.4, 0.5) is 0 Å². The first kappa shape index (κ1) is 9.17. The second-order valence-electron chi connectivity index (χ2n) is 1.25. The molecule has 0 amide bonds. The number of rotatable bonds is 4. The van der Waals surface area contributed by atoms with Gasteiger partial charge in [-0.05, 0) is 31.9 Å². The summed E-state index contributed by atoms with van der Waals surface area (Å²) in [4.78, 5) is 9.58. The van der Waals surface area contributed by atoms with E-state index in [0.717, 1.165) is 9.81 Å². The lowest BCUT2D eigenvalue weighted by Gasteiger charge is -1.90. The Balaban J connectivity index is 3.09. The van der Waals surface area contributed by atoms with Crippen LogP contribution in [-0.4, -0.2) is 13.1 Å². The molecule has 0 aromatic heterocycles. The minimum Gasteiger partial charge on any atom is -0.468 e.